The van der Waals surface area contributed by atoms with Gasteiger partial charge in [-0.3, -0.25) is 4.79 Å². The molecule has 158 valence electrons. The molecule has 1 amide bonds. The minimum Gasteiger partial charge on any atom is -0.345 e. The van der Waals surface area contributed by atoms with E-state index in [1.54, 1.807) is 11.9 Å². The number of rotatable bonds is 13. The van der Waals surface area contributed by atoms with Crippen molar-refractivity contribution in [3.05, 3.63) is 40.1 Å². The molecule has 1 heterocycles. The number of aryl methyl sites for hydroxylation is 1. The summed E-state index contributed by atoms with van der Waals surface area (Å²) >= 11 is 3.58. The highest BCUT2D eigenvalue weighted by atomic mass is 79.9. The fraction of sp³-hybridized carbons (Fsp3) is 0.545. The van der Waals surface area contributed by atoms with Gasteiger partial charge in [-0.2, -0.15) is 0 Å². The van der Waals surface area contributed by atoms with E-state index in [1.165, 1.54) is 37.7 Å². The molecule has 5 nitrogen and oxygen atoms in total. The molecule has 7 heteroatoms. The van der Waals surface area contributed by atoms with Crippen LogP contribution in [0, 0.1) is 0 Å². The fourth-order valence-corrected chi connectivity index (χ4v) is 4.02. The quantitative estimate of drug-likeness (QED) is 0.260. The van der Waals surface area contributed by atoms with Crippen molar-refractivity contribution in [2.24, 2.45) is 0 Å². The number of benzene rings is 1. The van der Waals surface area contributed by atoms with Crippen molar-refractivity contribution in [2.75, 3.05) is 26.0 Å². The highest BCUT2D eigenvalue weighted by Crippen LogP contribution is 2.18. The first kappa shape index (κ1) is 23.7. The molecule has 0 fully saturated rings. The lowest BCUT2D eigenvalue weighted by Gasteiger charge is -2.17. The molecule has 0 saturated carbocycles. The van der Waals surface area contributed by atoms with Crippen LogP contribution < -0.4 is 10.5 Å². The lowest BCUT2D eigenvalue weighted by atomic mass is 9.86. The maximum absolute atomic E-state index is 11.5. The van der Waals surface area contributed by atoms with Crippen LogP contribution in [0.3, 0.4) is 0 Å². The molecule has 0 saturated heterocycles. The van der Waals surface area contributed by atoms with E-state index < -0.39 is 0 Å². The summed E-state index contributed by atoms with van der Waals surface area (Å²) in [5.74, 6) is 1.84. The first-order valence-corrected chi connectivity index (χ1v) is 11.4. The number of carbonyl (C=O) groups is 1. The summed E-state index contributed by atoms with van der Waals surface area (Å²) in [7, 11) is 6.63. The van der Waals surface area contributed by atoms with Crippen LogP contribution in [-0.4, -0.2) is 49.3 Å². The summed E-state index contributed by atoms with van der Waals surface area (Å²) in [5.41, 5.74) is 2.31. The van der Waals surface area contributed by atoms with Crippen LogP contribution in [0.5, 0.6) is 0 Å². The molecule has 0 aliphatic carbocycles. The summed E-state index contributed by atoms with van der Waals surface area (Å²) in [6.45, 7) is 3.00. The molecular weight excluding hydrogens is 427 g/mol. The van der Waals surface area contributed by atoms with Gasteiger partial charge in [-0.15, -0.1) is 0 Å². The minimum atomic E-state index is 0.741. The average molecular weight is 461 g/mol. The molecule has 1 aromatic heterocycles. The zero-order valence-electron chi connectivity index (χ0n) is 18.3. The van der Waals surface area contributed by atoms with E-state index in [4.69, 9.17) is 4.98 Å². The zero-order chi connectivity index (χ0) is 21.2. The standard InChI is InChI=1S/C22H34BBrN4O/c1-5-6-7-8-9-10-14-20-25-22(27(4)17-29)21(23-26(2)3)28(20)16-18-12-11-13-19(24)15-18/h11-13,15,17,23H,5-10,14,16H2,1-4H3. The molecule has 0 unspecified atom stereocenters. The Balaban J connectivity index is 2.30. The van der Waals surface area contributed by atoms with Crippen LogP contribution in [0.1, 0.15) is 56.8 Å². The molecule has 0 bridgehead atoms. The van der Waals surface area contributed by atoms with E-state index in [0.29, 0.717) is 0 Å². The van der Waals surface area contributed by atoms with Crippen molar-refractivity contribution in [3.8, 4) is 0 Å². The summed E-state index contributed by atoms with van der Waals surface area (Å²) in [5, 5.41) is 0. The third-order valence-electron chi connectivity index (χ3n) is 5.07. The molecule has 0 atom stereocenters. The smallest absolute Gasteiger partial charge is 0.264 e. The molecular formula is C22H34BBrN4O. The number of hydrogen-bond acceptors (Lipinski definition) is 3. The Morgan fingerprint density at radius 2 is 1.86 bits per heavy atom. The van der Waals surface area contributed by atoms with E-state index in [1.807, 2.05) is 6.07 Å². The Morgan fingerprint density at radius 3 is 2.52 bits per heavy atom. The number of hydrogen-bond donors (Lipinski definition) is 0. The highest BCUT2D eigenvalue weighted by Gasteiger charge is 2.21. The number of nitrogens with zero attached hydrogens (tertiary/aromatic N) is 4. The Bertz CT molecular complexity index is 778. The van der Waals surface area contributed by atoms with Gasteiger partial charge in [0.05, 0.1) is 0 Å². The van der Waals surface area contributed by atoms with E-state index in [-0.39, 0.29) is 0 Å². The molecule has 2 rings (SSSR count). The molecule has 0 aliphatic heterocycles. The molecule has 0 N–H and O–H groups in total. The SMILES string of the molecule is CCCCCCCCc1nc(N(C)C=O)c(BN(C)C)n1Cc1cccc(Br)c1. The summed E-state index contributed by atoms with van der Waals surface area (Å²) < 4.78 is 3.38. The Labute approximate surface area is 184 Å². The predicted octanol–water partition coefficient (Wildman–Crippen LogP) is 3.73. The van der Waals surface area contributed by atoms with Gasteiger partial charge < -0.3 is 14.3 Å². The van der Waals surface area contributed by atoms with Crippen LogP contribution in [0.25, 0.3) is 0 Å². The van der Waals surface area contributed by atoms with Crippen molar-refractivity contribution < 1.29 is 4.79 Å². The van der Waals surface area contributed by atoms with Crippen molar-refractivity contribution in [2.45, 2.75) is 58.4 Å². The number of unbranched alkanes of at least 4 members (excludes halogenated alkanes) is 5. The molecule has 0 aliphatic rings. The summed E-state index contributed by atoms with van der Waals surface area (Å²) in [4.78, 5) is 20.1. The second-order valence-corrected chi connectivity index (χ2v) is 8.90. The minimum absolute atomic E-state index is 0.741. The topological polar surface area (TPSA) is 41.4 Å². The van der Waals surface area contributed by atoms with Gasteiger partial charge in [-0.1, -0.05) is 67.1 Å². The van der Waals surface area contributed by atoms with Crippen molar-refractivity contribution in [1.29, 1.82) is 0 Å². The van der Waals surface area contributed by atoms with Gasteiger partial charge in [0.25, 0.3) is 7.41 Å². The van der Waals surface area contributed by atoms with Crippen LogP contribution in [0.4, 0.5) is 5.82 Å². The van der Waals surface area contributed by atoms with Crippen molar-refractivity contribution in [1.82, 2.24) is 14.4 Å². The Hall–Kier alpha value is -1.60. The summed E-state index contributed by atoms with van der Waals surface area (Å²) in [6.07, 6.45) is 9.33. The van der Waals surface area contributed by atoms with Gasteiger partial charge in [-0.25, -0.2) is 4.98 Å². The first-order chi connectivity index (χ1) is 14.0. The van der Waals surface area contributed by atoms with Gasteiger partial charge in [0.15, 0.2) is 0 Å². The largest absolute Gasteiger partial charge is 0.345 e. The maximum Gasteiger partial charge on any atom is 0.264 e. The molecule has 2 aromatic rings. The second-order valence-electron chi connectivity index (χ2n) is 7.99. The van der Waals surface area contributed by atoms with Crippen LogP contribution in [0.2, 0.25) is 0 Å². The lowest BCUT2D eigenvalue weighted by Crippen LogP contribution is -2.38. The van der Waals surface area contributed by atoms with Gasteiger partial charge >= 0.3 is 0 Å². The predicted molar refractivity (Wildman–Crippen MR) is 127 cm³/mol. The summed E-state index contributed by atoms with van der Waals surface area (Å²) in [6, 6.07) is 8.40. The Morgan fingerprint density at radius 1 is 1.14 bits per heavy atom. The van der Waals surface area contributed by atoms with E-state index >= 15 is 0 Å². The normalized spacial score (nSPS) is 11.1. The third kappa shape index (κ3) is 7.30. The number of aromatic nitrogens is 2. The van der Waals surface area contributed by atoms with Gasteiger partial charge in [0.1, 0.15) is 11.6 Å². The third-order valence-corrected chi connectivity index (χ3v) is 5.57. The zero-order valence-corrected chi connectivity index (χ0v) is 19.9. The highest BCUT2D eigenvalue weighted by molar-refractivity contribution is 9.10. The number of halogens is 1. The van der Waals surface area contributed by atoms with Gasteiger partial charge in [0.2, 0.25) is 6.41 Å². The number of carbonyl (C=O) groups excluding carboxylic acids is 1. The number of amides is 1. The van der Waals surface area contributed by atoms with Crippen molar-refractivity contribution >= 4 is 41.2 Å². The van der Waals surface area contributed by atoms with E-state index in [0.717, 1.165) is 54.9 Å². The molecule has 29 heavy (non-hydrogen) atoms. The van der Waals surface area contributed by atoms with Crippen molar-refractivity contribution in [3.63, 3.8) is 0 Å². The monoisotopic (exact) mass is 460 g/mol. The lowest BCUT2D eigenvalue weighted by molar-refractivity contribution is -0.107. The van der Waals surface area contributed by atoms with Crippen LogP contribution in [0.15, 0.2) is 28.7 Å². The maximum atomic E-state index is 11.5. The molecule has 0 spiro atoms. The number of anilines is 1. The Kier molecular flexibility index (Phi) is 9.95. The van der Waals surface area contributed by atoms with Gasteiger partial charge in [0, 0.05) is 30.1 Å². The fourth-order valence-electron chi connectivity index (χ4n) is 3.57. The molecule has 0 radical (unpaired) electrons. The van der Waals surface area contributed by atoms with Crippen LogP contribution >= 0.6 is 15.9 Å². The van der Waals surface area contributed by atoms with Crippen LogP contribution in [-0.2, 0) is 17.8 Å². The average Bonchev–Trinajstić information content (AvgIpc) is 3.00. The first-order valence-electron chi connectivity index (χ1n) is 10.6. The van der Waals surface area contributed by atoms with E-state index in [9.17, 15) is 4.79 Å². The number of imidazole rings is 1. The van der Waals surface area contributed by atoms with E-state index in [2.05, 4.69) is 64.5 Å². The molecule has 1 aromatic carbocycles. The second kappa shape index (κ2) is 12.2. The van der Waals surface area contributed by atoms with Gasteiger partial charge in [-0.05, 0) is 38.2 Å².